The van der Waals surface area contributed by atoms with Crippen LogP contribution in [-0.2, 0) is 6.54 Å². The van der Waals surface area contributed by atoms with E-state index in [1.807, 2.05) is 17.5 Å². The Balaban J connectivity index is 1.60. The van der Waals surface area contributed by atoms with Crippen LogP contribution in [0.3, 0.4) is 0 Å². The van der Waals surface area contributed by atoms with Gasteiger partial charge in [-0.2, -0.15) is 0 Å². The third-order valence-electron chi connectivity index (χ3n) is 3.21. The molecule has 1 saturated carbocycles. The first-order chi connectivity index (χ1) is 8.42. The van der Waals surface area contributed by atoms with E-state index in [1.165, 1.54) is 35.4 Å². The van der Waals surface area contributed by atoms with Crippen LogP contribution in [0.1, 0.15) is 30.6 Å². The summed E-state index contributed by atoms with van der Waals surface area (Å²) in [5.74, 6) is 0. The summed E-state index contributed by atoms with van der Waals surface area (Å²) >= 11 is 3.57. The molecule has 0 spiro atoms. The monoisotopic (exact) mass is 264 g/mol. The molecule has 0 aromatic carbocycles. The molecule has 0 radical (unpaired) electrons. The molecule has 0 bridgehead atoms. The minimum Gasteiger partial charge on any atom is -0.309 e. The SMILES string of the molecule is c1csc(-c2ncc(CNC3CCCC3)s2)c1. The summed E-state index contributed by atoms with van der Waals surface area (Å²) in [6, 6.07) is 4.96. The van der Waals surface area contributed by atoms with E-state index in [1.54, 1.807) is 11.3 Å². The van der Waals surface area contributed by atoms with Crippen LogP contribution in [0.4, 0.5) is 0 Å². The van der Waals surface area contributed by atoms with Crippen LogP contribution in [0.2, 0.25) is 0 Å². The quantitative estimate of drug-likeness (QED) is 0.906. The molecule has 0 atom stereocenters. The summed E-state index contributed by atoms with van der Waals surface area (Å²) in [5.41, 5.74) is 0. The normalized spacial score (nSPS) is 16.7. The summed E-state index contributed by atoms with van der Waals surface area (Å²) in [5, 5.41) is 6.89. The molecule has 0 saturated heterocycles. The van der Waals surface area contributed by atoms with E-state index in [4.69, 9.17) is 0 Å². The van der Waals surface area contributed by atoms with E-state index in [0.29, 0.717) is 0 Å². The molecule has 2 heterocycles. The van der Waals surface area contributed by atoms with Gasteiger partial charge < -0.3 is 5.32 Å². The fraction of sp³-hybridized carbons (Fsp3) is 0.462. The van der Waals surface area contributed by atoms with E-state index in [2.05, 4.69) is 27.8 Å². The van der Waals surface area contributed by atoms with E-state index in [-0.39, 0.29) is 0 Å². The summed E-state index contributed by atoms with van der Waals surface area (Å²) in [6.45, 7) is 0.980. The van der Waals surface area contributed by atoms with Crippen molar-refractivity contribution in [2.45, 2.75) is 38.3 Å². The lowest BCUT2D eigenvalue weighted by Crippen LogP contribution is -2.24. The number of hydrogen-bond acceptors (Lipinski definition) is 4. The Morgan fingerprint density at radius 3 is 3.00 bits per heavy atom. The third kappa shape index (κ3) is 2.76. The van der Waals surface area contributed by atoms with Crippen molar-refractivity contribution in [2.75, 3.05) is 0 Å². The van der Waals surface area contributed by atoms with Gasteiger partial charge in [0.2, 0.25) is 0 Å². The zero-order valence-electron chi connectivity index (χ0n) is 9.69. The van der Waals surface area contributed by atoms with Gasteiger partial charge >= 0.3 is 0 Å². The van der Waals surface area contributed by atoms with Crippen LogP contribution >= 0.6 is 22.7 Å². The van der Waals surface area contributed by atoms with Crippen molar-refractivity contribution in [3.8, 4) is 9.88 Å². The molecule has 0 unspecified atom stereocenters. The van der Waals surface area contributed by atoms with Gasteiger partial charge in [0.1, 0.15) is 5.01 Å². The van der Waals surface area contributed by atoms with Crippen LogP contribution in [-0.4, -0.2) is 11.0 Å². The van der Waals surface area contributed by atoms with Gasteiger partial charge in [-0.1, -0.05) is 18.9 Å². The molecule has 2 aromatic heterocycles. The minimum atomic E-state index is 0.738. The summed E-state index contributed by atoms with van der Waals surface area (Å²) < 4.78 is 0. The standard InChI is InChI=1S/C13H16N2S2/c1-2-5-10(4-1)14-8-11-9-15-13(17-11)12-6-3-7-16-12/h3,6-7,9-10,14H,1-2,4-5,8H2. The van der Waals surface area contributed by atoms with Crippen molar-refractivity contribution in [2.24, 2.45) is 0 Å². The number of thiazole rings is 1. The Bertz CT molecular complexity index is 455. The molecule has 1 aliphatic rings. The first-order valence-electron chi connectivity index (χ1n) is 6.14. The highest BCUT2D eigenvalue weighted by Crippen LogP contribution is 2.29. The smallest absolute Gasteiger partial charge is 0.133 e. The Labute approximate surface area is 110 Å². The Morgan fingerprint density at radius 2 is 2.24 bits per heavy atom. The summed E-state index contributed by atoms with van der Waals surface area (Å²) in [7, 11) is 0. The Hall–Kier alpha value is -0.710. The predicted molar refractivity (Wildman–Crippen MR) is 74.5 cm³/mol. The maximum absolute atomic E-state index is 4.49. The van der Waals surface area contributed by atoms with E-state index in [9.17, 15) is 0 Å². The molecular weight excluding hydrogens is 248 g/mol. The number of rotatable bonds is 4. The molecule has 0 aliphatic heterocycles. The van der Waals surface area contributed by atoms with Gasteiger partial charge in [0, 0.05) is 23.7 Å². The van der Waals surface area contributed by atoms with Crippen LogP contribution < -0.4 is 5.32 Å². The Kier molecular flexibility index (Phi) is 3.54. The molecule has 2 aromatic rings. The van der Waals surface area contributed by atoms with Gasteiger partial charge in [0.15, 0.2) is 0 Å². The third-order valence-corrected chi connectivity index (χ3v) is 5.24. The predicted octanol–water partition coefficient (Wildman–Crippen LogP) is 3.90. The molecule has 2 nitrogen and oxygen atoms in total. The molecule has 17 heavy (non-hydrogen) atoms. The highest BCUT2D eigenvalue weighted by molar-refractivity contribution is 7.20. The highest BCUT2D eigenvalue weighted by atomic mass is 32.1. The lowest BCUT2D eigenvalue weighted by molar-refractivity contribution is 0.527. The number of nitrogens with one attached hydrogen (secondary N) is 1. The largest absolute Gasteiger partial charge is 0.309 e. The summed E-state index contributed by atoms with van der Waals surface area (Å²) in [4.78, 5) is 7.12. The maximum atomic E-state index is 4.49. The van der Waals surface area contributed by atoms with E-state index >= 15 is 0 Å². The van der Waals surface area contributed by atoms with Gasteiger partial charge in [0.25, 0.3) is 0 Å². The Morgan fingerprint density at radius 1 is 1.35 bits per heavy atom. The average Bonchev–Trinajstić information content (AvgIpc) is 3.09. The van der Waals surface area contributed by atoms with Gasteiger partial charge in [-0.15, -0.1) is 22.7 Å². The number of hydrogen-bond donors (Lipinski definition) is 1. The van der Waals surface area contributed by atoms with Crippen LogP contribution in [0, 0.1) is 0 Å². The second kappa shape index (κ2) is 5.29. The van der Waals surface area contributed by atoms with Gasteiger partial charge in [-0.25, -0.2) is 4.98 Å². The van der Waals surface area contributed by atoms with Crippen LogP contribution in [0.15, 0.2) is 23.7 Å². The molecule has 1 aliphatic carbocycles. The fourth-order valence-electron chi connectivity index (χ4n) is 2.28. The van der Waals surface area contributed by atoms with Crippen molar-refractivity contribution in [3.05, 3.63) is 28.6 Å². The second-order valence-electron chi connectivity index (χ2n) is 4.47. The van der Waals surface area contributed by atoms with Gasteiger partial charge in [-0.05, 0) is 24.3 Å². The van der Waals surface area contributed by atoms with Crippen molar-refractivity contribution in [1.82, 2.24) is 10.3 Å². The molecular formula is C13H16N2S2. The second-order valence-corrected chi connectivity index (χ2v) is 6.53. The van der Waals surface area contributed by atoms with Crippen molar-refractivity contribution >= 4 is 22.7 Å². The highest BCUT2D eigenvalue weighted by Gasteiger charge is 2.14. The lowest BCUT2D eigenvalue weighted by Gasteiger charge is -2.09. The number of thiophene rings is 1. The van der Waals surface area contributed by atoms with E-state index in [0.717, 1.165) is 17.6 Å². The lowest BCUT2D eigenvalue weighted by atomic mass is 10.2. The van der Waals surface area contributed by atoms with Crippen molar-refractivity contribution in [3.63, 3.8) is 0 Å². The molecule has 0 amide bonds. The molecule has 90 valence electrons. The van der Waals surface area contributed by atoms with Gasteiger partial charge in [0.05, 0.1) is 4.88 Å². The molecule has 3 rings (SSSR count). The topological polar surface area (TPSA) is 24.9 Å². The molecule has 1 fully saturated rings. The maximum Gasteiger partial charge on any atom is 0.133 e. The fourth-order valence-corrected chi connectivity index (χ4v) is 3.95. The minimum absolute atomic E-state index is 0.738. The van der Waals surface area contributed by atoms with Crippen LogP contribution in [0.25, 0.3) is 9.88 Å². The average molecular weight is 264 g/mol. The number of nitrogens with zero attached hydrogens (tertiary/aromatic N) is 1. The van der Waals surface area contributed by atoms with E-state index < -0.39 is 0 Å². The van der Waals surface area contributed by atoms with Crippen molar-refractivity contribution < 1.29 is 0 Å². The molecule has 4 heteroatoms. The zero-order valence-corrected chi connectivity index (χ0v) is 11.3. The van der Waals surface area contributed by atoms with Crippen molar-refractivity contribution in [1.29, 1.82) is 0 Å². The zero-order chi connectivity index (χ0) is 11.5. The van der Waals surface area contributed by atoms with Gasteiger partial charge in [-0.3, -0.25) is 0 Å². The number of aromatic nitrogens is 1. The summed E-state index contributed by atoms with van der Waals surface area (Å²) in [6.07, 6.45) is 7.48. The first-order valence-corrected chi connectivity index (χ1v) is 7.83. The molecule has 1 N–H and O–H groups in total. The first kappa shape index (κ1) is 11.4. The van der Waals surface area contributed by atoms with Crippen LogP contribution in [0.5, 0.6) is 0 Å².